The number of pyridine rings is 1. The molecular weight excluding hydrogens is 278 g/mol. The predicted octanol–water partition coefficient (Wildman–Crippen LogP) is 0.131. The highest BCUT2D eigenvalue weighted by Crippen LogP contribution is 2.16. The van der Waals surface area contributed by atoms with E-state index in [0.29, 0.717) is 6.54 Å². The van der Waals surface area contributed by atoms with Crippen molar-refractivity contribution < 1.29 is 8.42 Å². The van der Waals surface area contributed by atoms with Crippen LogP contribution in [0, 0.1) is 0 Å². The number of sulfonamides is 1. The number of nitrogens with two attached hydrogens (primary N) is 1. The van der Waals surface area contributed by atoms with E-state index in [2.05, 4.69) is 20.0 Å². The summed E-state index contributed by atoms with van der Waals surface area (Å²) in [5.41, 5.74) is 2.30. The molecular formula is C12H21N5O2S. The average molecular weight is 299 g/mol. The van der Waals surface area contributed by atoms with Crippen LogP contribution in [0.25, 0.3) is 0 Å². The van der Waals surface area contributed by atoms with Crippen LogP contribution in [0.4, 0.5) is 5.82 Å². The van der Waals surface area contributed by atoms with Gasteiger partial charge in [0.2, 0.25) is 10.0 Å². The molecule has 4 N–H and O–H groups in total. The summed E-state index contributed by atoms with van der Waals surface area (Å²) in [5, 5.41) is 0. The van der Waals surface area contributed by atoms with Crippen LogP contribution in [0.3, 0.4) is 0 Å². The van der Waals surface area contributed by atoms with Crippen molar-refractivity contribution >= 4 is 15.8 Å². The van der Waals surface area contributed by atoms with Crippen LogP contribution >= 0.6 is 0 Å². The molecule has 20 heavy (non-hydrogen) atoms. The molecule has 0 unspecified atom stereocenters. The van der Waals surface area contributed by atoms with E-state index in [1.165, 1.54) is 25.1 Å². The van der Waals surface area contributed by atoms with E-state index in [0.717, 1.165) is 26.1 Å². The van der Waals surface area contributed by atoms with Gasteiger partial charge in [0.1, 0.15) is 4.90 Å². The van der Waals surface area contributed by atoms with Crippen molar-refractivity contribution in [1.82, 2.24) is 14.6 Å². The van der Waals surface area contributed by atoms with Gasteiger partial charge in [-0.25, -0.2) is 24.0 Å². The Balaban J connectivity index is 1.87. The Hall–Kier alpha value is -1.22. The second-order valence-electron chi connectivity index (χ2n) is 4.79. The monoisotopic (exact) mass is 299 g/mol. The maximum Gasteiger partial charge on any atom is 0.244 e. The number of rotatable bonds is 7. The first-order valence-corrected chi connectivity index (χ1v) is 8.25. The molecule has 0 bridgehead atoms. The standard InChI is InChI=1S/C12H21N5O2S/c13-16-12-11(5-3-6-14-12)20(18,19)15-7-4-10-17-8-1-2-9-17/h3,5-6,15H,1-2,4,7-10,13H2,(H,14,16). The third kappa shape index (κ3) is 3.89. The lowest BCUT2D eigenvalue weighted by Crippen LogP contribution is -2.29. The van der Waals surface area contributed by atoms with Crippen molar-refractivity contribution in [2.75, 3.05) is 31.6 Å². The largest absolute Gasteiger partial charge is 0.307 e. The molecule has 1 aliphatic heterocycles. The maximum absolute atomic E-state index is 12.1. The first kappa shape index (κ1) is 15.2. The van der Waals surface area contributed by atoms with E-state index in [1.54, 1.807) is 6.07 Å². The molecule has 2 heterocycles. The average Bonchev–Trinajstić information content (AvgIpc) is 2.97. The summed E-state index contributed by atoms with van der Waals surface area (Å²) in [6.45, 7) is 3.59. The highest BCUT2D eigenvalue weighted by molar-refractivity contribution is 7.89. The summed E-state index contributed by atoms with van der Waals surface area (Å²) in [6.07, 6.45) is 4.77. The van der Waals surface area contributed by atoms with Crippen LogP contribution in [-0.2, 0) is 10.0 Å². The van der Waals surface area contributed by atoms with Crippen LogP contribution < -0.4 is 16.0 Å². The van der Waals surface area contributed by atoms with Crippen LogP contribution in [0.2, 0.25) is 0 Å². The first-order chi connectivity index (χ1) is 9.63. The third-order valence-corrected chi connectivity index (χ3v) is 4.83. The van der Waals surface area contributed by atoms with Crippen LogP contribution in [0.15, 0.2) is 23.2 Å². The Morgan fingerprint density at radius 3 is 2.80 bits per heavy atom. The van der Waals surface area contributed by atoms with Gasteiger partial charge in [-0.3, -0.25) is 0 Å². The number of nitrogen functional groups attached to an aromatic ring is 1. The van der Waals surface area contributed by atoms with E-state index >= 15 is 0 Å². The van der Waals surface area contributed by atoms with E-state index < -0.39 is 10.0 Å². The fraction of sp³-hybridized carbons (Fsp3) is 0.583. The summed E-state index contributed by atoms with van der Waals surface area (Å²) in [7, 11) is -3.57. The third-order valence-electron chi connectivity index (χ3n) is 3.34. The first-order valence-electron chi connectivity index (χ1n) is 6.77. The molecule has 0 radical (unpaired) electrons. The second kappa shape index (κ2) is 6.98. The van der Waals surface area contributed by atoms with Gasteiger partial charge in [0.15, 0.2) is 5.82 Å². The van der Waals surface area contributed by atoms with Crippen LogP contribution in [0.1, 0.15) is 19.3 Å². The Bertz CT molecular complexity index is 528. The highest BCUT2D eigenvalue weighted by Gasteiger charge is 2.18. The zero-order chi connectivity index (χ0) is 14.4. The van der Waals surface area contributed by atoms with Crippen molar-refractivity contribution in [3.05, 3.63) is 18.3 Å². The fourth-order valence-electron chi connectivity index (χ4n) is 2.31. The molecule has 0 aliphatic carbocycles. The summed E-state index contributed by atoms with van der Waals surface area (Å²) in [5.74, 6) is 5.43. The molecule has 0 spiro atoms. The summed E-state index contributed by atoms with van der Waals surface area (Å²) in [4.78, 5) is 6.32. The van der Waals surface area contributed by atoms with Crippen molar-refractivity contribution in [2.24, 2.45) is 5.84 Å². The molecule has 1 aromatic rings. The molecule has 0 atom stereocenters. The number of likely N-dealkylation sites (tertiary alicyclic amines) is 1. The topological polar surface area (TPSA) is 100 Å². The molecule has 0 aromatic carbocycles. The molecule has 1 aliphatic rings. The highest BCUT2D eigenvalue weighted by atomic mass is 32.2. The lowest BCUT2D eigenvalue weighted by atomic mass is 10.4. The second-order valence-corrected chi connectivity index (χ2v) is 6.53. The van der Waals surface area contributed by atoms with E-state index in [4.69, 9.17) is 5.84 Å². The minimum absolute atomic E-state index is 0.0728. The predicted molar refractivity (Wildman–Crippen MR) is 77.5 cm³/mol. The number of hydrogen-bond donors (Lipinski definition) is 3. The molecule has 112 valence electrons. The minimum Gasteiger partial charge on any atom is -0.307 e. The van der Waals surface area contributed by atoms with Gasteiger partial charge in [0.25, 0.3) is 0 Å². The Kier molecular flexibility index (Phi) is 5.30. The summed E-state index contributed by atoms with van der Waals surface area (Å²) in [6, 6.07) is 3.05. The minimum atomic E-state index is -3.57. The quantitative estimate of drug-likeness (QED) is 0.376. The lowest BCUT2D eigenvalue weighted by Gasteiger charge is -2.14. The summed E-state index contributed by atoms with van der Waals surface area (Å²) >= 11 is 0. The smallest absolute Gasteiger partial charge is 0.244 e. The number of anilines is 1. The zero-order valence-corrected chi connectivity index (χ0v) is 12.2. The van der Waals surface area contributed by atoms with E-state index in [-0.39, 0.29) is 10.7 Å². The molecule has 0 saturated carbocycles. The van der Waals surface area contributed by atoms with E-state index in [9.17, 15) is 8.42 Å². The maximum atomic E-state index is 12.1. The molecule has 7 nitrogen and oxygen atoms in total. The van der Waals surface area contributed by atoms with Gasteiger partial charge in [0.05, 0.1) is 0 Å². The van der Waals surface area contributed by atoms with Crippen molar-refractivity contribution in [1.29, 1.82) is 0 Å². The molecule has 1 fully saturated rings. The number of hydrogen-bond acceptors (Lipinski definition) is 6. The Labute approximate surface area is 119 Å². The van der Waals surface area contributed by atoms with Gasteiger partial charge in [0, 0.05) is 12.7 Å². The number of nitrogens with one attached hydrogen (secondary N) is 2. The lowest BCUT2D eigenvalue weighted by molar-refractivity contribution is 0.334. The normalized spacial score (nSPS) is 16.4. The van der Waals surface area contributed by atoms with Gasteiger partial charge in [-0.05, 0) is 51.0 Å². The molecule has 2 rings (SSSR count). The zero-order valence-electron chi connectivity index (χ0n) is 11.4. The van der Waals surface area contributed by atoms with Gasteiger partial charge in [-0.1, -0.05) is 0 Å². The number of hydrazine groups is 1. The number of aromatic nitrogens is 1. The molecule has 1 saturated heterocycles. The molecule has 8 heteroatoms. The van der Waals surface area contributed by atoms with Gasteiger partial charge >= 0.3 is 0 Å². The molecule has 0 amide bonds. The Morgan fingerprint density at radius 1 is 1.35 bits per heavy atom. The summed E-state index contributed by atoms with van der Waals surface area (Å²) < 4.78 is 26.9. The Morgan fingerprint density at radius 2 is 2.10 bits per heavy atom. The van der Waals surface area contributed by atoms with Crippen molar-refractivity contribution in [2.45, 2.75) is 24.2 Å². The molecule has 1 aromatic heterocycles. The SMILES string of the molecule is NNc1ncccc1S(=O)(=O)NCCCN1CCCC1. The van der Waals surface area contributed by atoms with Gasteiger partial charge in [-0.2, -0.15) is 0 Å². The van der Waals surface area contributed by atoms with Crippen LogP contribution in [0.5, 0.6) is 0 Å². The van der Waals surface area contributed by atoms with Crippen molar-refractivity contribution in [3.63, 3.8) is 0 Å². The van der Waals surface area contributed by atoms with Crippen LogP contribution in [-0.4, -0.2) is 44.5 Å². The van der Waals surface area contributed by atoms with E-state index in [1.807, 2.05) is 0 Å². The van der Waals surface area contributed by atoms with Gasteiger partial charge in [-0.15, -0.1) is 0 Å². The number of nitrogens with zero attached hydrogens (tertiary/aromatic N) is 2. The fourth-order valence-corrected chi connectivity index (χ4v) is 3.50. The van der Waals surface area contributed by atoms with Gasteiger partial charge < -0.3 is 10.3 Å². The van der Waals surface area contributed by atoms with Crippen molar-refractivity contribution in [3.8, 4) is 0 Å².